The fourth-order valence-corrected chi connectivity index (χ4v) is 0.640. The molecule has 0 amide bonds. The smallest absolute Gasteiger partial charge is 0.0928 e. The van der Waals surface area contributed by atoms with Gasteiger partial charge in [-0.3, -0.25) is 0 Å². The minimum atomic E-state index is -0.198. The Balaban J connectivity index is 2.82. The van der Waals surface area contributed by atoms with Crippen molar-refractivity contribution in [2.24, 2.45) is 0 Å². The normalized spacial score (nSPS) is 8.86. The summed E-state index contributed by atoms with van der Waals surface area (Å²) >= 11 is 2.21. The first-order chi connectivity index (χ1) is 3.27. The molecule has 0 saturated carbocycles. The van der Waals surface area contributed by atoms with Crippen molar-refractivity contribution in [1.82, 2.24) is 0 Å². The zero-order chi connectivity index (χ0) is 5.70. The van der Waals surface area contributed by atoms with Crippen LogP contribution in [0.25, 0.3) is 0 Å². The summed E-state index contributed by atoms with van der Waals surface area (Å²) in [6.07, 6.45) is 1.44. The van der Waals surface area contributed by atoms with Crippen molar-refractivity contribution in [1.29, 1.82) is 0 Å². The van der Waals surface area contributed by atoms with Gasteiger partial charge in [0.15, 0.2) is 0 Å². The summed E-state index contributed by atoms with van der Waals surface area (Å²) in [6, 6.07) is 0. The van der Waals surface area contributed by atoms with Crippen molar-refractivity contribution in [2.45, 2.75) is 12.8 Å². The Morgan fingerprint density at radius 1 is 1.71 bits per heavy atom. The molecule has 0 unspecified atom stereocenters. The second-order valence-corrected chi connectivity index (χ2v) is 2.39. The standard InChI is InChI=1S/C5H8FI/c1-5(6)3-2-4-7/h1-4H2. The highest BCUT2D eigenvalue weighted by molar-refractivity contribution is 14.1. The van der Waals surface area contributed by atoms with Gasteiger partial charge < -0.3 is 0 Å². The van der Waals surface area contributed by atoms with Gasteiger partial charge in [-0.1, -0.05) is 29.2 Å². The maximum atomic E-state index is 11.7. The van der Waals surface area contributed by atoms with Crippen LogP contribution in [-0.2, 0) is 0 Å². The molecule has 0 rings (SSSR count). The van der Waals surface area contributed by atoms with Gasteiger partial charge in [-0.2, -0.15) is 0 Å². The molecule has 0 aromatic heterocycles. The zero-order valence-corrected chi connectivity index (χ0v) is 6.24. The molecule has 0 heterocycles. The number of allylic oxidation sites excluding steroid dienone is 1. The van der Waals surface area contributed by atoms with Gasteiger partial charge in [0.2, 0.25) is 0 Å². The van der Waals surface area contributed by atoms with Gasteiger partial charge in [0, 0.05) is 0 Å². The van der Waals surface area contributed by atoms with E-state index in [1.54, 1.807) is 0 Å². The molecule has 0 bridgehead atoms. The first kappa shape index (κ1) is 7.40. The molecule has 0 aromatic carbocycles. The molecule has 2 heteroatoms. The molecule has 0 aliphatic heterocycles. The SMILES string of the molecule is C=C(F)CCCI. The predicted molar refractivity (Wildman–Crippen MR) is 38.4 cm³/mol. The van der Waals surface area contributed by atoms with E-state index in [2.05, 4.69) is 29.2 Å². The molecule has 0 fully saturated rings. The third-order valence-electron chi connectivity index (χ3n) is 0.582. The molecule has 0 radical (unpaired) electrons. The van der Waals surface area contributed by atoms with Gasteiger partial charge in [0.05, 0.1) is 5.83 Å². The minimum Gasteiger partial charge on any atom is -0.212 e. The van der Waals surface area contributed by atoms with Gasteiger partial charge >= 0.3 is 0 Å². The maximum absolute atomic E-state index is 11.7. The Labute approximate surface area is 56.9 Å². The van der Waals surface area contributed by atoms with Gasteiger partial charge in [-0.05, 0) is 17.3 Å². The molecule has 42 valence electrons. The van der Waals surface area contributed by atoms with E-state index in [9.17, 15) is 4.39 Å². The summed E-state index contributed by atoms with van der Waals surface area (Å²) in [5.74, 6) is -0.198. The van der Waals surface area contributed by atoms with Gasteiger partial charge in [-0.25, -0.2) is 4.39 Å². The van der Waals surface area contributed by atoms with Crippen LogP contribution in [0.3, 0.4) is 0 Å². The second-order valence-electron chi connectivity index (χ2n) is 1.31. The lowest BCUT2D eigenvalue weighted by Crippen LogP contribution is -1.73. The summed E-state index contributed by atoms with van der Waals surface area (Å²) < 4.78 is 12.7. The highest BCUT2D eigenvalue weighted by Gasteiger charge is 1.86. The van der Waals surface area contributed by atoms with Crippen molar-refractivity contribution in [3.8, 4) is 0 Å². The van der Waals surface area contributed by atoms with Crippen LogP contribution in [0.1, 0.15) is 12.8 Å². The fraction of sp³-hybridized carbons (Fsp3) is 0.600. The summed E-state index contributed by atoms with van der Waals surface area (Å²) in [4.78, 5) is 0. The van der Waals surface area contributed by atoms with Crippen LogP contribution < -0.4 is 0 Å². The average molecular weight is 214 g/mol. The largest absolute Gasteiger partial charge is 0.212 e. The van der Waals surface area contributed by atoms with E-state index >= 15 is 0 Å². The molecule has 0 saturated heterocycles. The predicted octanol–water partition coefficient (Wildman–Crippen LogP) is 2.68. The molecular weight excluding hydrogens is 206 g/mol. The number of rotatable bonds is 3. The van der Waals surface area contributed by atoms with Crippen LogP contribution in [0, 0.1) is 0 Å². The van der Waals surface area contributed by atoms with Crippen LogP contribution in [0.5, 0.6) is 0 Å². The van der Waals surface area contributed by atoms with Crippen molar-refractivity contribution in [3.63, 3.8) is 0 Å². The topological polar surface area (TPSA) is 0 Å². The Morgan fingerprint density at radius 3 is 2.43 bits per heavy atom. The summed E-state index contributed by atoms with van der Waals surface area (Å²) in [7, 11) is 0. The van der Waals surface area contributed by atoms with E-state index in [4.69, 9.17) is 0 Å². The summed E-state index contributed by atoms with van der Waals surface area (Å²) in [5.41, 5.74) is 0. The number of hydrogen-bond donors (Lipinski definition) is 0. The van der Waals surface area contributed by atoms with E-state index in [0.29, 0.717) is 6.42 Å². The Bertz CT molecular complexity index is 61.1. The monoisotopic (exact) mass is 214 g/mol. The lowest BCUT2D eigenvalue weighted by molar-refractivity contribution is 0.591. The summed E-state index contributed by atoms with van der Waals surface area (Å²) in [5, 5.41) is 0. The fourth-order valence-electron chi connectivity index (χ4n) is 0.259. The number of hydrogen-bond acceptors (Lipinski definition) is 0. The molecule has 7 heavy (non-hydrogen) atoms. The molecule has 0 aliphatic carbocycles. The van der Waals surface area contributed by atoms with E-state index in [0.717, 1.165) is 10.8 Å². The number of alkyl halides is 1. The molecule has 0 atom stereocenters. The maximum Gasteiger partial charge on any atom is 0.0928 e. The van der Waals surface area contributed by atoms with Gasteiger partial charge in [0.25, 0.3) is 0 Å². The minimum absolute atomic E-state index is 0.198. The zero-order valence-electron chi connectivity index (χ0n) is 4.08. The van der Waals surface area contributed by atoms with Crippen LogP contribution in [0.4, 0.5) is 4.39 Å². The van der Waals surface area contributed by atoms with Crippen molar-refractivity contribution < 1.29 is 4.39 Å². The molecule has 0 aromatic rings. The second kappa shape index (κ2) is 4.56. The van der Waals surface area contributed by atoms with Crippen LogP contribution in [-0.4, -0.2) is 4.43 Å². The molecule has 0 aliphatic rings. The van der Waals surface area contributed by atoms with E-state index in [-0.39, 0.29) is 5.83 Å². The quantitative estimate of drug-likeness (QED) is 0.500. The Hall–Kier alpha value is 0.400. The number of halogens is 2. The van der Waals surface area contributed by atoms with E-state index in [1.807, 2.05) is 0 Å². The third-order valence-corrected chi connectivity index (χ3v) is 1.34. The average Bonchev–Trinajstić information content (AvgIpc) is 1.61. The van der Waals surface area contributed by atoms with E-state index < -0.39 is 0 Å². The third kappa shape index (κ3) is 6.40. The summed E-state index contributed by atoms with van der Waals surface area (Å²) in [6.45, 7) is 3.12. The highest BCUT2D eigenvalue weighted by atomic mass is 127. The lowest BCUT2D eigenvalue weighted by Gasteiger charge is -1.87. The van der Waals surface area contributed by atoms with Crippen molar-refractivity contribution in [2.75, 3.05) is 4.43 Å². The lowest BCUT2D eigenvalue weighted by atomic mass is 10.3. The van der Waals surface area contributed by atoms with Crippen LogP contribution in [0.15, 0.2) is 12.4 Å². The Kier molecular flexibility index (Phi) is 4.82. The van der Waals surface area contributed by atoms with Gasteiger partial charge in [0.1, 0.15) is 0 Å². The van der Waals surface area contributed by atoms with Crippen LogP contribution >= 0.6 is 22.6 Å². The first-order valence-electron chi connectivity index (χ1n) is 2.16. The molecule has 0 nitrogen and oxygen atoms in total. The highest BCUT2D eigenvalue weighted by Crippen LogP contribution is 2.03. The molecule has 0 N–H and O–H groups in total. The van der Waals surface area contributed by atoms with Crippen molar-refractivity contribution >= 4 is 22.6 Å². The first-order valence-corrected chi connectivity index (χ1v) is 3.69. The molecule has 0 spiro atoms. The molecular formula is C5H8FI. The van der Waals surface area contributed by atoms with Crippen LogP contribution in [0.2, 0.25) is 0 Å². The van der Waals surface area contributed by atoms with Gasteiger partial charge in [-0.15, -0.1) is 0 Å². The van der Waals surface area contributed by atoms with E-state index in [1.165, 1.54) is 0 Å². The Morgan fingerprint density at radius 2 is 2.29 bits per heavy atom. The van der Waals surface area contributed by atoms with Crippen molar-refractivity contribution in [3.05, 3.63) is 12.4 Å².